The van der Waals surface area contributed by atoms with Crippen molar-refractivity contribution in [3.63, 3.8) is 0 Å². The van der Waals surface area contributed by atoms with Crippen LogP contribution in [-0.4, -0.2) is 24.8 Å². The molecule has 0 spiro atoms. The summed E-state index contributed by atoms with van der Waals surface area (Å²) in [5.41, 5.74) is 13.5. The second-order valence-electron chi connectivity index (χ2n) is 5.42. The van der Waals surface area contributed by atoms with Gasteiger partial charge < -0.3 is 16.1 Å². The van der Waals surface area contributed by atoms with Crippen molar-refractivity contribution in [1.82, 2.24) is 0 Å². The van der Waals surface area contributed by atoms with E-state index in [4.69, 9.17) is 16.1 Å². The molecule has 0 aliphatic rings. The van der Waals surface area contributed by atoms with E-state index in [-0.39, 0.29) is 6.42 Å². The van der Waals surface area contributed by atoms with E-state index in [1.807, 2.05) is 61.5 Å². The Hall–Kier alpha value is -2.60. The molecule has 0 bridgehead atoms. The van der Waals surface area contributed by atoms with Crippen molar-refractivity contribution in [3.8, 4) is 0 Å². The third-order valence-corrected chi connectivity index (χ3v) is 3.44. The molecular formula is C17H19BN2O3. The van der Waals surface area contributed by atoms with Crippen LogP contribution in [0.4, 0.5) is 0 Å². The Kier molecular flexibility index (Phi) is 5.54. The van der Waals surface area contributed by atoms with E-state index >= 15 is 0 Å². The standard InChI is InChI=1S/C17H19BN2O3/c1-12-7-9-14(10-8-12)18(13-5-3-2-4-6-13)23-17(22)15(19)11-16(20)21/h2-10,15H,11,19H2,1H3,(H2,20,21). The predicted octanol–water partition coefficient (Wildman–Crippen LogP) is -0.153. The minimum absolute atomic E-state index is 0.242. The summed E-state index contributed by atoms with van der Waals surface area (Å²) in [7, 11) is 0. The third kappa shape index (κ3) is 4.69. The maximum Gasteiger partial charge on any atom is 0.429 e. The van der Waals surface area contributed by atoms with Crippen LogP contribution in [0.1, 0.15) is 12.0 Å². The van der Waals surface area contributed by atoms with Gasteiger partial charge in [-0.1, -0.05) is 60.2 Å². The monoisotopic (exact) mass is 310 g/mol. The van der Waals surface area contributed by atoms with Crippen LogP contribution < -0.4 is 22.4 Å². The number of hydrogen-bond donors (Lipinski definition) is 2. The minimum atomic E-state index is -1.07. The highest BCUT2D eigenvalue weighted by Gasteiger charge is 2.28. The van der Waals surface area contributed by atoms with Crippen LogP contribution in [-0.2, 0) is 14.2 Å². The fraction of sp³-hybridized carbons (Fsp3) is 0.176. The largest absolute Gasteiger partial charge is 0.525 e. The molecular weight excluding hydrogens is 291 g/mol. The zero-order valence-corrected chi connectivity index (χ0v) is 12.9. The lowest BCUT2D eigenvalue weighted by Gasteiger charge is -2.18. The molecule has 23 heavy (non-hydrogen) atoms. The first-order valence-corrected chi connectivity index (χ1v) is 7.33. The van der Waals surface area contributed by atoms with Crippen LogP contribution in [0.2, 0.25) is 0 Å². The topological polar surface area (TPSA) is 95.4 Å². The maximum atomic E-state index is 12.1. The van der Waals surface area contributed by atoms with Crippen molar-refractivity contribution in [2.75, 3.05) is 0 Å². The van der Waals surface area contributed by atoms with Crippen LogP contribution in [0.15, 0.2) is 54.6 Å². The Morgan fingerprint density at radius 3 is 2.17 bits per heavy atom. The molecule has 5 nitrogen and oxygen atoms in total. The average Bonchev–Trinajstić information content (AvgIpc) is 2.53. The van der Waals surface area contributed by atoms with Gasteiger partial charge in [0.1, 0.15) is 6.04 Å². The Balaban J connectivity index is 2.26. The number of carbonyl (C=O) groups excluding carboxylic acids is 2. The second kappa shape index (κ2) is 7.60. The Morgan fingerprint density at radius 2 is 1.61 bits per heavy atom. The molecule has 0 aliphatic carbocycles. The lowest BCUT2D eigenvalue weighted by atomic mass is 9.55. The van der Waals surface area contributed by atoms with Crippen molar-refractivity contribution < 1.29 is 14.2 Å². The first kappa shape index (κ1) is 16.8. The van der Waals surface area contributed by atoms with E-state index in [1.54, 1.807) is 0 Å². The van der Waals surface area contributed by atoms with Gasteiger partial charge in [-0.05, 0) is 17.8 Å². The molecule has 2 aromatic rings. The number of rotatable bonds is 6. The number of nitrogens with two attached hydrogens (primary N) is 2. The summed E-state index contributed by atoms with van der Waals surface area (Å²) in [4.78, 5) is 23.1. The Morgan fingerprint density at radius 1 is 1.04 bits per heavy atom. The molecule has 118 valence electrons. The van der Waals surface area contributed by atoms with E-state index < -0.39 is 24.8 Å². The van der Waals surface area contributed by atoms with Gasteiger partial charge in [-0.3, -0.25) is 9.59 Å². The average molecular weight is 310 g/mol. The third-order valence-electron chi connectivity index (χ3n) is 3.44. The first-order valence-electron chi connectivity index (χ1n) is 7.33. The zero-order chi connectivity index (χ0) is 16.8. The summed E-state index contributed by atoms with van der Waals surface area (Å²) in [6, 6.07) is 16.0. The normalized spacial score (nSPS) is 11.6. The molecule has 0 saturated carbocycles. The van der Waals surface area contributed by atoms with E-state index in [9.17, 15) is 9.59 Å². The van der Waals surface area contributed by atoms with Gasteiger partial charge in [0.15, 0.2) is 0 Å². The number of benzene rings is 2. The molecule has 2 rings (SSSR count). The van der Waals surface area contributed by atoms with E-state index in [0.29, 0.717) is 0 Å². The van der Waals surface area contributed by atoms with Gasteiger partial charge in [0.25, 0.3) is 0 Å². The van der Waals surface area contributed by atoms with Crippen molar-refractivity contribution in [1.29, 1.82) is 0 Å². The summed E-state index contributed by atoms with van der Waals surface area (Å²) < 4.78 is 5.55. The first-order chi connectivity index (χ1) is 11.0. The molecule has 1 atom stereocenters. The molecule has 0 radical (unpaired) electrons. The van der Waals surface area contributed by atoms with Crippen molar-refractivity contribution in [2.24, 2.45) is 11.5 Å². The summed E-state index contributed by atoms with van der Waals surface area (Å²) in [6.07, 6.45) is -0.242. The Labute approximate surface area is 135 Å². The predicted molar refractivity (Wildman–Crippen MR) is 90.5 cm³/mol. The smallest absolute Gasteiger partial charge is 0.429 e. The maximum absolute atomic E-state index is 12.1. The minimum Gasteiger partial charge on any atom is -0.525 e. The molecule has 0 aromatic heterocycles. The molecule has 1 unspecified atom stereocenters. The lowest BCUT2D eigenvalue weighted by molar-refractivity contribution is -0.137. The van der Waals surface area contributed by atoms with Crippen molar-refractivity contribution >= 4 is 29.7 Å². The van der Waals surface area contributed by atoms with Gasteiger partial charge in [-0.2, -0.15) is 0 Å². The lowest BCUT2D eigenvalue weighted by Crippen LogP contribution is -2.49. The number of amides is 1. The molecule has 1 amide bonds. The van der Waals surface area contributed by atoms with Gasteiger partial charge in [-0.25, -0.2) is 0 Å². The summed E-state index contributed by atoms with van der Waals surface area (Å²) in [6.45, 7) is 1.40. The van der Waals surface area contributed by atoms with Gasteiger partial charge in [0.05, 0.1) is 6.42 Å². The number of hydrogen-bond acceptors (Lipinski definition) is 4. The molecule has 0 saturated heterocycles. The highest BCUT2D eigenvalue weighted by molar-refractivity contribution is 6.81. The zero-order valence-electron chi connectivity index (χ0n) is 12.9. The fourth-order valence-electron chi connectivity index (χ4n) is 2.20. The van der Waals surface area contributed by atoms with Gasteiger partial charge in [0, 0.05) is 0 Å². The summed E-state index contributed by atoms with van der Waals surface area (Å²) in [5.74, 6) is -1.29. The molecule has 0 heterocycles. The van der Waals surface area contributed by atoms with E-state index in [1.165, 1.54) is 0 Å². The van der Waals surface area contributed by atoms with Gasteiger partial charge in [0.2, 0.25) is 5.91 Å². The van der Waals surface area contributed by atoms with Crippen LogP contribution in [0.3, 0.4) is 0 Å². The second-order valence-corrected chi connectivity index (χ2v) is 5.42. The number of primary amides is 1. The number of aryl methyl sites for hydroxylation is 1. The molecule has 0 fully saturated rings. The summed E-state index contributed by atoms with van der Waals surface area (Å²) in [5, 5.41) is 0. The highest BCUT2D eigenvalue weighted by Crippen LogP contribution is 2.01. The fourth-order valence-corrected chi connectivity index (χ4v) is 2.20. The van der Waals surface area contributed by atoms with Crippen LogP contribution >= 0.6 is 0 Å². The van der Waals surface area contributed by atoms with Gasteiger partial charge >= 0.3 is 12.9 Å². The van der Waals surface area contributed by atoms with Crippen LogP contribution in [0.25, 0.3) is 0 Å². The van der Waals surface area contributed by atoms with Crippen molar-refractivity contribution in [2.45, 2.75) is 19.4 Å². The molecule has 4 N–H and O–H groups in total. The molecule has 0 aliphatic heterocycles. The molecule has 6 heteroatoms. The summed E-state index contributed by atoms with van der Waals surface area (Å²) >= 11 is 0. The Bertz CT molecular complexity index is 674. The van der Waals surface area contributed by atoms with Crippen LogP contribution in [0.5, 0.6) is 0 Å². The van der Waals surface area contributed by atoms with Gasteiger partial charge in [-0.15, -0.1) is 0 Å². The van der Waals surface area contributed by atoms with E-state index in [0.717, 1.165) is 16.5 Å². The SMILES string of the molecule is Cc1ccc(B(OC(=O)C(N)CC(N)=O)c2ccccc2)cc1. The highest BCUT2D eigenvalue weighted by atomic mass is 16.5. The van der Waals surface area contributed by atoms with E-state index in [2.05, 4.69) is 0 Å². The van der Waals surface area contributed by atoms with Crippen LogP contribution in [0, 0.1) is 6.92 Å². The quantitative estimate of drug-likeness (QED) is 0.725. The number of carbonyl (C=O) groups is 2. The van der Waals surface area contributed by atoms with Crippen molar-refractivity contribution in [3.05, 3.63) is 60.2 Å². The molecule has 2 aromatic carbocycles.